The molecule has 3 nitrogen and oxygen atoms in total. The zero-order valence-corrected chi connectivity index (χ0v) is 8.86. The lowest BCUT2D eigenvalue weighted by atomic mass is 10.2. The van der Waals surface area contributed by atoms with Crippen LogP contribution in [0.3, 0.4) is 0 Å². The van der Waals surface area contributed by atoms with Crippen molar-refractivity contribution in [2.75, 3.05) is 6.61 Å². The molecular formula is C12H14O3. The topological polar surface area (TPSA) is 46.5 Å². The first-order valence-electron chi connectivity index (χ1n) is 4.67. The lowest BCUT2D eigenvalue weighted by Gasteiger charge is -2.05. The first-order chi connectivity index (χ1) is 7.08. The average Bonchev–Trinajstić information content (AvgIpc) is 2.16. The van der Waals surface area contributed by atoms with Crippen molar-refractivity contribution in [3.63, 3.8) is 0 Å². The van der Waals surface area contributed by atoms with E-state index in [2.05, 4.69) is 0 Å². The van der Waals surface area contributed by atoms with Crippen molar-refractivity contribution >= 4 is 5.97 Å². The van der Waals surface area contributed by atoms with Crippen LogP contribution < -0.4 is 4.74 Å². The average molecular weight is 206 g/mol. The number of hydrogen-bond donors (Lipinski definition) is 1. The summed E-state index contributed by atoms with van der Waals surface area (Å²) in [5, 5.41) is 8.49. The van der Waals surface area contributed by atoms with Crippen LogP contribution in [0.15, 0.2) is 35.9 Å². The summed E-state index contributed by atoms with van der Waals surface area (Å²) in [6.45, 7) is 4.02. The first-order valence-corrected chi connectivity index (χ1v) is 4.67. The van der Waals surface area contributed by atoms with Crippen molar-refractivity contribution in [3.05, 3.63) is 41.5 Å². The van der Waals surface area contributed by atoms with Crippen LogP contribution in [-0.4, -0.2) is 17.7 Å². The number of carbonyl (C=O) groups is 1. The van der Waals surface area contributed by atoms with E-state index < -0.39 is 5.97 Å². The second-order valence-electron chi connectivity index (χ2n) is 3.43. The highest BCUT2D eigenvalue weighted by atomic mass is 16.5. The molecule has 0 aliphatic rings. The van der Waals surface area contributed by atoms with Crippen molar-refractivity contribution in [1.82, 2.24) is 0 Å². The summed E-state index contributed by atoms with van der Waals surface area (Å²) in [6.07, 6.45) is 1.15. The summed E-state index contributed by atoms with van der Waals surface area (Å²) in [4.78, 5) is 10.3. The van der Waals surface area contributed by atoms with Gasteiger partial charge in [-0.2, -0.15) is 0 Å². The first kappa shape index (κ1) is 11.3. The van der Waals surface area contributed by atoms with Gasteiger partial charge in [0.15, 0.2) is 0 Å². The van der Waals surface area contributed by atoms with Crippen molar-refractivity contribution < 1.29 is 14.6 Å². The van der Waals surface area contributed by atoms with Gasteiger partial charge in [0.1, 0.15) is 12.4 Å². The van der Waals surface area contributed by atoms with Crippen LogP contribution in [-0.2, 0) is 4.79 Å². The molecule has 0 saturated heterocycles. The molecule has 0 heterocycles. The second kappa shape index (κ2) is 5.20. The summed E-state index contributed by atoms with van der Waals surface area (Å²) in [7, 11) is 0. The molecule has 1 N–H and O–H groups in total. The Morgan fingerprint density at radius 1 is 1.40 bits per heavy atom. The number of carboxylic acid groups (broad SMARTS) is 1. The SMILES string of the molecule is CC(=CC(=O)O)COc1ccc(C)cc1. The fourth-order valence-electron chi connectivity index (χ4n) is 1.08. The minimum Gasteiger partial charge on any atom is -0.489 e. The van der Waals surface area contributed by atoms with Crippen LogP contribution in [0.4, 0.5) is 0 Å². The fraction of sp³-hybridized carbons (Fsp3) is 0.250. The van der Waals surface area contributed by atoms with E-state index >= 15 is 0 Å². The minimum absolute atomic E-state index is 0.301. The Morgan fingerprint density at radius 2 is 2.00 bits per heavy atom. The van der Waals surface area contributed by atoms with Crippen molar-refractivity contribution in [2.45, 2.75) is 13.8 Å². The van der Waals surface area contributed by atoms with Gasteiger partial charge in [0.25, 0.3) is 0 Å². The number of aryl methyl sites for hydroxylation is 1. The van der Waals surface area contributed by atoms with Gasteiger partial charge in [-0.15, -0.1) is 0 Å². The number of aliphatic carboxylic acids is 1. The van der Waals surface area contributed by atoms with Gasteiger partial charge >= 0.3 is 5.97 Å². The standard InChI is InChI=1S/C12H14O3/c1-9-3-5-11(6-4-9)15-8-10(2)7-12(13)14/h3-7H,8H2,1-2H3,(H,13,14). The number of benzene rings is 1. The molecule has 0 aliphatic heterocycles. The van der Waals surface area contributed by atoms with E-state index in [1.54, 1.807) is 6.92 Å². The normalized spacial score (nSPS) is 11.2. The zero-order chi connectivity index (χ0) is 11.3. The van der Waals surface area contributed by atoms with E-state index in [0.717, 1.165) is 11.8 Å². The molecular weight excluding hydrogens is 192 g/mol. The van der Waals surface area contributed by atoms with Crippen LogP contribution in [0, 0.1) is 6.92 Å². The smallest absolute Gasteiger partial charge is 0.328 e. The molecule has 1 aromatic rings. The Bertz CT molecular complexity index is 363. The Kier molecular flexibility index (Phi) is 3.92. The van der Waals surface area contributed by atoms with E-state index in [9.17, 15) is 4.79 Å². The Labute approximate surface area is 89.0 Å². The summed E-state index contributed by atoms with van der Waals surface area (Å²) in [5.74, 6) is -0.196. The summed E-state index contributed by atoms with van der Waals surface area (Å²) < 4.78 is 5.39. The third kappa shape index (κ3) is 4.31. The maximum atomic E-state index is 10.3. The van der Waals surface area contributed by atoms with Crippen molar-refractivity contribution in [2.24, 2.45) is 0 Å². The predicted molar refractivity (Wildman–Crippen MR) is 58.1 cm³/mol. The van der Waals surface area contributed by atoms with Gasteiger partial charge in [0.2, 0.25) is 0 Å². The highest BCUT2D eigenvalue weighted by molar-refractivity contribution is 5.80. The molecule has 3 heteroatoms. The molecule has 1 aromatic carbocycles. The number of ether oxygens (including phenoxy) is 1. The van der Waals surface area contributed by atoms with Crippen molar-refractivity contribution in [1.29, 1.82) is 0 Å². The highest BCUT2D eigenvalue weighted by Gasteiger charge is 1.96. The van der Waals surface area contributed by atoms with Gasteiger partial charge < -0.3 is 9.84 Å². The zero-order valence-electron chi connectivity index (χ0n) is 8.86. The second-order valence-corrected chi connectivity index (χ2v) is 3.43. The molecule has 0 radical (unpaired) electrons. The molecule has 0 spiro atoms. The van der Waals surface area contributed by atoms with Crippen LogP contribution in [0.1, 0.15) is 12.5 Å². The van der Waals surface area contributed by atoms with E-state index in [-0.39, 0.29) is 0 Å². The molecule has 0 saturated carbocycles. The fourth-order valence-corrected chi connectivity index (χ4v) is 1.08. The van der Waals surface area contributed by atoms with Gasteiger partial charge in [-0.1, -0.05) is 17.7 Å². The Balaban J connectivity index is 2.50. The molecule has 0 fully saturated rings. The lowest BCUT2D eigenvalue weighted by Crippen LogP contribution is -2.01. The van der Waals surface area contributed by atoms with Gasteiger partial charge in [0.05, 0.1) is 0 Å². The minimum atomic E-state index is -0.944. The molecule has 0 unspecified atom stereocenters. The maximum absolute atomic E-state index is 10.3. The quantitative estimate of drug-likeness (QED) is 0.769. The van der Waals surface area contributed by atoms with Crippen molar-refractivity contribution in [3.8, 4) is 5.75 Å². The molecule has 0 amide bonds. The third-order valence-corrected chi connectivity index (χ3v) is 1.86. The number of hydrogen-bond acceptors (Lipinski definition) is 2. The van der Waals surface area contributed by atoms with Gasteiger partial charge in [0, 0.05) is 6.08 Å². The largest absolute Gasteiger partial charge is 0.489 e. The van der Waals surface area contributed by atoms with Gasteiger partial charge in [-0.3, -0.25) is 0 Å². The van der Waals surface area contributed by atoms with Crippen LogP contribution in [0.2, 0.25) is 0 Å². The highest BCUT2D eigenvalue weighted by Crippen LogP contribution is 2.12. The lowest BCUT2D eigenvalue weighted by molar-refractivity contribution is -0.131. The molecule has 0 aromatic heterocycles. The molecule has 0 atom stereocenters. The number of carboxylic acids is 1. The van der Waals surface area contributed by atoms with E-state index in [0.29, 0.717) is 12.2 Å². The Hall–Kier alpha value is -1.77. The van der Waals surface area contributed by atoms with E-state index in [4.69, 9.17) is 9.84 Å². The summed E-state index contributed by atoms with van der Waals surface area (Å²) in [6, 6.07) is 7.63. The number of rotatable bonds is 4. The molecule has 0 bridgehead atoms. The van der Waals surface area contributed by atoms with Gasteiger partial charge in [-0.05, 0) is 31.6 Å². The third-order valence-electron chi connectivity index (χ3n) is 1.86. The summed E-state index contributed by atoms with van der Waals surface area (Å²) >= 11 is 0. The molecule has 0 aliphatic carbocycles. The van der Waals surface area contributed by atoms with Gasteiger partial charge in [-0.25, -0.2) is 4.79 Å². The van der Waals surface area contributed by atoms with E-state index in [1.807, 2.05) is 31.2 Å². The van der Waals surface area contributed by atoms with Crippen LogP contribution in [0.5, 0.6) is 5.75 Å². The maximum Gasteiger partial charge on any atom is 0.328 e. The monoisotopic (exact) mass is 206 g/mol. The van der Waals surface area contributed by atoms with Crippen LogP contribution in [0.25, 0.3) is 0 Å². The summed E-state index contributed by atoms with van der Waals surface area (Å²) in [5.41, 5.74) is 1.85. The predicted octanol–water partition coefficient (Wildman–Crippen LogP) is 2.40. The van der Waals surface area contributed by atoms with E-state index in [1.165, 1.54) is 5.56 Å². The Morgan fingerprint density at radius 3 is 2.53 bits per heavy atom. The molecule has 15 heavy (non-hydrogen) atoms. The molecule has 1 rings (SSSR count). The molecule has 80 valence electrons. The van der Waals surface area contributed by atoms with Crippen LogP contribution >= 0.6 is 0 Å².